The summed E-state index contributed by atoms with van der Waals surface area (Å²) in [4.78, 5) is 14.3. The molecule has 0 fully saturated rings. The summed E-state index contributed by atoms with van der Waals surface area (Å²) in [6, 6.07) is 45.1. The number of hydrogen-bond donors (Lipinski definition) is 0. The lowest BCUT2D eigenvalue weighted by Crippen LogP contribution is -2.07. The van der Waals surface area contributed by atoms with Gasteiger partial charge in [-0.2, -0.15) is 0 Å². The van der Waals surface area contributed by atoms with Gasteiger partial charge in [-0.25, -0.2) is 0 Å². The summed E-state index contributed by atoms with van der Waals surface area (Å²) >= 11 is 0. The largest absolute Gasteiger partial charge is 0.289 e. The molecule has 5 aromatic rings. The zero-order valence-electron chi connectivity index (χ0n) is 22.0. The third-order valence-electron chi connectivity index (χ3n) is 7.79. The Labute approximate surface area is 235 Å². The number of aryl methyl sites for hydroxylation is 2. The summed E-state index contributed by atoms with van der Waals surface area (Å²) in [5, 5.41) is 0. The molecule has 7 rings (SSSR count). The third kappa shape index (κ3) is 4.31. The van der Waals surface area contributed by atoms with Crippen LogP contribution in [-0.2, 0) is 17.6 Å². The second-order valence-corrected chi connectivity index (χ2v) is 10.2. The van der Waals surface area contributed by atoms with E-state index < -0.39 is 0 Å². The van der Waals surface area contributed by atoms with E-state index in [0.717, 1.165) is 62.1 Å². The van der Waals surface area contributed by atoms with E-state index in [4.69, 9.17) is 0 Å². The molecule has 0 bridgehead atoms. The van der Waals surface area contributed by atoms with Gasteiger partial charge in [0, 0.05) is 33.4 Å². The fourth-order valence-corrected chi connectivity index (χ4v) is 5.68. The normalized spacial score (nSPS) is 13.9. The van der Waals surface area contributed by atoms with E-state index in [-0.39, 0.29) is 5.78 Å². The Kier molecular flexibility index (Phi) is 6.08. The molecule has 0 N–H and O–H groups in total. The molecule has 0 aliphatic heterocycles. The number of ketones is 1. The van der Waals surface area contributed by atoms with Gasteiger partial charge in [-0.15, -0.1) is 0 Å². The van der Waals surface area contributed by atoms with Crippen LogP contribution in [0.4, 0.5) is 0 Å². The molecule has 40 heavy (non-hydrogen) atoms. The van der Waals surface area contributed by atoms with Crippen molar-refractivity contribution >= 4 is 28.1 Å². The Hall–Kier alpha value is -5.19. The second kappa shape index (κ2) is 10.2. The SMILES string of the molecule is O=C1C(c2ccccc2)=C(c2ccccc2)C(c2ccc(C#Cc3ccc4c(c3)CC4)cc2)=C1c1ccccc1. The smallest absolute Gasteiger partial charge is 0.195 e. The zero-order valence-corrected chi connectivity index (χ0v) is 22.0. The minimum absolute atomic E-state index is 0.0517. The standard InChI is InChI=1S/C39H26O/c40-39-37(31-12-6-2-7-13-31)35(30-10-4-1-5-11-30)36(38(39)32-14-8-3-9-15-32)33-22-18-27(19-23-33)16-17-28-20-21-29-24-25-34(29)26-28/h1-15,18-23,26H,24-25H2. The van der Waals surface area contributed by atoms with Gasteiger partial charge in [0.25, 0.3) is 0 Å². The summed E-state index contributed by atoms with van der Waals surface area (Å²) in [6.07, 6.45) is 2.33. The van der Waals surface area contributed by atoms with Gasteiger partial charge >= 0.3 is 0 Å². The highest BCUT2D eigenvalue weighted by atomic mass is 16.1. The molecule has 0 heterocycles. The van der Waals surface area contributed by atoms with E-state index in [1.54, 1.807) is 0 Å². The van der Waals surface area contributed by atoms with E-state index in [9.17, 15) is 4.79 Å². The molecule has 0 saturated heterocycles. The maximum Gasteiger partial charge on any atom is 0.195 e. The lowest BCUT2D eigenvalue weighted by Gasteiger charge is -2.17. The van der Waals surface area contributed by atoms with Crippen LogP contribution in [0.2, 0.25) is 0 Å². The molecule has 0 aromatic heterocycles. The molecule has 0 radical (unpaired) electrons. The topological polar surface area (TPSA) is 17.1 Å². The molecular formula is C39H26O. The van der Waals surface area contributed by atoms with Crippen molar-refractivity contribution in [1.29, 1.82) is 0 Å². The van der Waals surface area contributed by atoms with E-state index in [0.29, 0.717) is 0 Å². The van der Waals surface area contributed by atoms with Crippen LogP contribution in [0.1, 0.15) is 44.5 Å². The molecule has 0 unspecified atom stereocenters. The summed E-state index contributed by atoms with van der Waals surface area (Å²) in [5.41, 5.74) is 12.2. The van der Waals surface area contributed by atoms with Gasteiger partial charge in [0.05, 0.1) is 0 Å². The second-order valence-electron chi connectivity index (χ2n) is 10.2. The first-order valence-electron chi connectivity index (χ1n) is 13.7. The summed E-state index contributed by atoms with van der Waals surface area (Å²) in [7, 11) is 0. The van der Waals surface area contributed by atoms with Crippen LogP contribution in [0.25, 0.3) is 22.3 Å². The van der Waals surface area contributed by atoms with Gasteiger partial charge in [-0.05, 0) is 70.5 Å². The van der Waals surface area contributed by atoms with Gasteiger partial charge in [-0.1, -0.05) is 121 Å². The van der Waals surface area contributed by atoms with Gasteiger partial charge < -0.3 is 0 Å². The Bertz CT molecular complexity index is 1860. The first kappa shape index (κ1) is 23.9. The van der Waals surface area contributed by atoms with Gasteiger partial charge in [-0.3, -0.25) is 4.79 Å². The highest BCUT2D eigenvalue weighted by Gasteiger charge is 2.35. The highest BCUT2D eigenvalue weighted by molar-refractivity contribution is 6.59. The maximum atomic E-state index is 14.3. The highest BCUT2D eigenvalue weighted by Crippen LogP contribution is 2.49. The van der Waals surface area contributed by atoms with Crippen molar-refractivity contribution in [2.75, 3.05) is 0 Å². The van der Waals surface area contributed by atoms with Crippen molar-refractivity contribution in [2.24, 2.45) is 0 Å². The Morgan fingerprint density at radius 2 is 0.825 bits per heavy atom. The van der Waals surface area contributed by atoms with E-state index >= 15 is 0 Å². The van der Waals surface area contributed by atoms with Crippen LogP contribution >= 0.6 is 0 Å². The van der Waals surface area contributed by atoms with Crippen molar-refractivity contribution < 1.29 is 4.79 Å². The Morgan fingerprint density at radius 1 is 0.400 bits per heavy atom. The molecule has 188 valence electrons. The molecule has 0 amide bonds. The van der Waals surface area contributed by atoms with Gasteiger partial charge in [0.2, 0.25) is 0 Å². The third-order valence-corrected chi connectivity index (χ3v) is 7.79. The number of rotatable bonds is 4. The van der Waals surface area contributed by atoms with Gasteiger partial charge in [0.1, 0.15) is 0 Å². The van der Waals surface area contributed by atoms with Crippen LogP contribution in [0.5, 0.6) is 0 Å². The summed E-state index contributed by atoms with van der Waals surface area (Å²) in [6.45, 7) is 0. The number of carbonyl (C=O) groups excluding carboxylic acids is 1. The minimum Gasteiger partial charge on any atom is -0.289 e. The molecule has 5 aromatic carbocycles. The first-order chi connectivity index (χ1) is 19.8. The summed E-state index contributed by atoms with van der Waals surface area (Å²) in [5.74, 6) is 6.72. The Balaban J connectivity index is 1.38. The monoisotopic (exact) mass is 510 g/mol. The number of allylic oxidation sites excluding steroid dienone is 4. The molecule has 1 heteroatoms. The van der Waals surface area contributed by atoms with Gasteiger partial charge in [0.15, 0.2) is 5.78 Å². The zero-order chi connectivity index (χ0) is 26.9. The number of Topliss-reactive ketones (excluding diaryl/α,β-unsaturated/α-hetero) is 1. The minimum atomic E-state index is 0.0517. The molecule has 0 spiro atoms. The van der Waals surface area contributed by atoms with Crippen LogP contribution in [0.15, 0.2) is 133 Å². The van der Waals surface area contributed by atoms with Crippen LogP contribution < -0.4 is 0 Å². The van der Waals surface area contributed by atoms with Crippen LogP contribution in [-0.4, -0.2) is 5.78 Å². The van der Waals surface area contributed by atoms with Crippen molar-refractivity contribution in [3.63, 3.8) is 0 Å². The van der Waals surface area contributed by atoms with E-state index in [1.165, 1.54) is 17.5 Å². The van der Waals surface area contributed by atoms with Crippen molar-refractivity contribution in [2.45, 2.75) is 12.8 Å². The molecule has 2 aliphatic carbocycles. The van der Waals surface area contributed by atoms with Crippen molar-refractivity contribution in [3.8, 4) is 11.8 Å². The van der Waals surface area contributed by atoms with E-state index in [1.807, 2.05) is 78.9 Å². The van der Waals surface area contributed by atoms with Crippen LogP contribution in [0.3, 0.4) is 0 Å². The molecule has 0 atom stereocenters. The molecule has 2 aliphatic rings. The van der Waals surface area contributed by atoms with E-state index in [2.05, 4.69) is 66.4 Å². The lowest BCUT2D eigenvalue weighted by molar-refractivity contribution is -0.108. The average molecular weight is 511 g/mol. The van der Waals surface area contributed by atoms with Crippen molar-refractivity contribution in [3.05, 3.63) is 178 Å². The number of carbonyl (C=O) groups is 1. The number of hydrogen-bond acceptors (Lipinski definition) is 1. The number of benzene rings is 5. The predicted molar refractivity (Wildman–Crippen MR) is 164 cm³/mol. The number of fused-ring (bicyclic) bond motifs is 1. The fourth-order valence-electron chi connectivity index (χ4n) is 5.68. The molecule has 0 saturated carbocycles. The first-order valence-corrected chi connectivity index (χ1v) is 13.7. The maximum absolute atomic E-state index is 14.3. The van der Waals surface area contributed by atoms with Crippen molar-refractivity contribution in [1.82, 2.24) is 0 Å². The average Bonchev–Trinajstić information content (AvgIpc) is 3.31. The Morgan fingerprint density at radius 3 is 1.30 bits per heavy atom. The van der Waals surface area contributed by atoms with Crippen LogP contribution in [0, 0.1) is 11.8 Å². The lowest BCUT2D eigenvalue weighted by atomic mass is 9.87. The quantitative estimate of drug-likeness (QED) is 0.222. The molecule has 1 nitrogen and oxygen atoms in total. The summed E-state index contributed by atoms with van der Waals surface area (Å²) < 4.78 is 0. The predicted octanol–water partition coefficient (Wildman–Crippen LogP) is 8.29. The fraction of sp³-hybridized carbons (Fsp3) is 0.0513. The molecular weight excluding hydrogens is 484 g/mol.